The summed E-state index contributed by atoms with van der Waals surface area (Å²) in [5, 5.41) is 0. The van der Waals surface area contributed by atoms with Crippen LogP contribution in [0.15, 0.2) is 11.5 Å². The Morgan fingerprint density at radius 3 is 2.27 bits per heavy atom. The van der Waals surface area contributed by atoms with Crippen LogP contribution >= 0.6 is 0 Å². The van der Waals surface area contributed by atoms with Crippen LogP contribution in [0.2, 0.25) is 0 Å². The summed E-state index contributed by atoms with van der Waals surface area (Å²) in [6.07, 6.45) is 2.78. The van der Waals surface area contributed by atoms with E-state index in [-0.39, 0.29) is 10.7 Å². The van der Waals surface area contributed by atoms with E-state index in [4.69, 9.17) is 0 Å². The number of allylic oxidation sites excluding steroid dienone is 1. The lowest BCUT2D eigenvalue weighted by Gasteiger charge is -2.00. The first kappa shape index (κ1) is 10.7. The second-order valence-electron chi connectivity index (χ2n) is 2.73. The standard InChI is InChI=1S/C8H16O2S/c1-4-5-6-7-11(9,10)8(2)3/h2,4-7H2,1,3H3. The molecule has 0 rings (SSSR count). The molecule has 0 radical (unpaired) electrons. The molecule has 0 fully saturated rings. The highest BCUT2D eigenvalue weighted by Gasteiger charge is 2.09. The van der Waals surface area contributed by atoms with E-state index in [9.17, 15) is 8.42 Å². The summed E-state index contributed by atoms with van der Waals surface area (Å²) >= 11 is 0. The molecular formula is C8H16O2S. The molecule has 0 aromatic carbocycles. The minimum atomic E-state index is -2.96. The van der Waals surface area contributed by atoms with E-state index in [0.717, 1.165) is 19.3 Å². The number of rotatable bonds is 5. The lowest BCUT2D eigenvalue weighted by molar-refractivity contribution is 0.597. The zero-order chi connectivity index (χ0) is 8.91. The molecule has 0 aromatic heterocycles. The number of unbranched alkanes of at least 4 members (excludes halogenated alkanes) is 2. The highest BCUT2D eigenvalue weighted by Crippen LogP contribution is 2.06. The Labute approximate surface area is 69.2 Å². The van der Waals surface area contributed by atoms with Gasteiger partial charge in [0.05, 0.1) is 5.75 Å². The predicted octanol–water partition coefficient (Wildman–Crippen LogP) is 2.12. The first-order chi connectivity index (χ1) is 5.00. The van der Waals surface area contributed by atoms with Gasteiger partial charge in [0.1, 0.15) is 0 Å². The van der Waals surface area contributed by atoms with Gasteiger partial charge in [-0.05, 0) is 13.3 Å². The van der Waals surface area contributed by atoms with E-state index in [1.165, 1.54) is 0 Å². The van der Waals surface area contributed by atoms with Crippen molar-refractivity contribution in [1.82, 2.24) is 0 Å². The third kappa shape index (κ3) is 4.19. The Morgan fingerprint density at radius 2 is 1.91 bits per heavy atom. The first-order valence-electron chi connectivity index (χ1n) is 3.89. The summed E-state index contributed by atoms with van der Waals surface area (Å²) < 4.78 is 22.2. The fourth-order valence-corrected chi connectivity index (χ4v) is 1.65. The third-order valence-electron chi connectivity index (χ3n) is 1.55. The zero-order valence-electron chi connectivity index (χ0n) is 7.26. The molecule has 0 amide bonds. The maximum Gasteiger partial charge on any atom is 0.173 e. The SMILES string of the molecule is C=C(C)S(=O)(=O)CCCCC. The van der Waals surface area contributed by atoms with Crippen LogP contribution in [0.25, 0.3) is 0 Å². The van der Waals surface area contributed by atoms with Crippen molar-refractivity contribution >= 4 is 9.84 Å². The molecule has 0 heterocycles. The molecule has 11 heavy (non-hydrogen) atoms. The van der Waals surface area contributed by atoms with Crippen LogP contribution in [0.4, 0.5) is 0 Å². The van der Waals surface area contributed by atoms with Crippen molar-refractivity contribution in [3.8, 4) is 0 Å². The van der Waals surface area contributed by atoms with Crippen LogP contribution < -0.4 is 0 Å². The van der Waals surface area contributed by atoms with Crippen LogP contribution in [0.5, 0.6) is 0 Å². The summed E-state index contributed by atoms with van der Waals surface area (Å²) in [6.45, 7) is 7.01. The fraction of sp³-hybridized carbons (Fsp3) is 0.750. The van der Waals surface area contributed by atoms with Gasteiger partial charge in [-0.25, -0.2) is 8.42 Å². The van der Waals surface area contributed by atoms with Gasteiger partial charge in [0, 0.05) is 4.91 Å². The fourth-order valence-electron chi connectivity index (χ4n) is 0.716. The van der Waals surface area contributed by atoms with Crippen molar-refractivity contribution in [1.29, 1.82) is 0 Å². The van der Waals surface area contributed by atoms with Gasteiger partial charge in [0.2, 0.25) is 0 Å². The Kier molecular flexibility index (Phi) is 4.42. The van der Waals surface area contributed by atoms with Gasteiger partial charge >= 0.3 is 0 Å². The summed E-state index contributed by atoms with van der Waals surface area (Å²) in [4.78, 5) is 0.286. The van der Waals surface area contributed by atoms with Gasteiger partial charge in [0.25, 0.3) is 0 Å². The normalized spacial score (nSPS) is 11.5. The van der Waals surface area contributed by atoms with E-state index in [1.54, 1.807) is 6.92 Å². The number of sulfone groups is 1. The molecule has 0 N–H and O–H groups in total. The molecule has 0 bridgehead atoms. The smallest absolute Gasteiger partial charge is 0.173 e. The van der Waals surface area contributed by atoms with E-state index < -0.39 is 9.84 Å². The van der Waals surface area contributed by atoms with E-state index >= 15 is 0 Å². The van der Waals surface area contributed by atoms with Crippen molar-refractivity contribution in [2.24, 2.45) is 0 Å². The lowest BCUT2D eigenvalue weighted by atomic mass is 10.3. The van der Waals surface area contributed by atoms with Gasteiger partial charge < -0.3 is 0 Å². The number of hydrogen-bond acceptors (Lipinski definition) is 2. The van der Waals surface area contributed by atoms with Gasteiger partial charge in [-0.1, -0.05) is 26.3 Å². The minimum Gasteiger partial charge on any atom is -0.224 e. The van der Waals surface area contributed by atoms with Crippen LogP contribution in [-0.4, -0.2) is 14.2 Å². The molecule has 0 aromatic rings. The predicted molar refractivity (Wildman–Crippen MR) is 48.1 cm³/mol. The maximum atomic E-state index is 11.1. The van der Waals surface area contributed by atoms with E-state index in [2.05, 4.69) is 6.58 Å². The zero-order valence-corrected chi connectivity index (χ0v) is 8.08. The van der Waals surface area contributed by atoms with Gasteiger partial charge in [-0.2, -0.15) is 0 Å². The Hall–Kier alpha value is -0.310. The molecule has 3 heteroatoms. The van der Waals surface area contributed by atoms with E-state index in [1.807, 2.05) is 6.92 Å². The Balaban J connectivity index is 3.85. The highest BCUT2D eigenvalue weighted by atomic mass is 32.2. The van der Waals surface area contributed by atoms with Crippen molar-refractivity contribution in [2.75, 3.05) is 5.75 Å². The summed E-state index contributed by atoms with van der Waals surface area (Å²) in [5.41, 5.74) is 0. The van der Waals surface area contributed by atoms with E-state index in [0.29, 0.717) is 0 Å². The highest BCUT2D eigenvalue weighted by molar-refractivity contribution is 7.95. The molecule has 0 spiro atoms. The van der Waals surface area contributed by atoms with Crippen LogP contribution in [0, 0.1) is 0 Å². The molecule has 2 nitrogen and oxygen atoms in total. The summed E-state index contributed by atoms with van der Waals surface area (Å²) in [5.74, 6) is 0.260. The van der Waals surface area contributed by atoms with Crippen molar-refractivity contribution < 1.29 is 8.42 Å². The molecular weight excluding hydrogens is 160 g/mol. The Bertz CT molecular complexity index is 214. The van der Waals surface area contributed by atoms with Gasteiger partial charge in [-0.3, -0.25) is 0 Å². The topological polar surface area (TPSA) is 34.1 Å². The monoisotopic (exact) mass is 176 g/mol. The summed E-state index contributed by atoms with van der Waals surface area (Å²) in [7, 11) is -2.96. The quantitative estimate of drug-likeness (QED) is 0.601. The second kappa shape index (κ2) is 4.54. The average Bonchev–Trinajstić information content (AvgIpc) is 1.88. The lowest BCUT2D eigenvalue weighted by Crippen LogP contribution is -2.05. The molecule has 66 valence electrons. The maximum absolute atomic E-state index is 11.1. The molecule has 0 atom stereocenters. The first-order valence-corrected chi connectivity index (χ1v) is 5.54. The molecule has 0 saturated carbocycles. The van der Waals surface area contributed by atoms with Crippen LogP contribution in [0.1, 0.15) is 33.1 Å². The van der Waals surface area contributed by atoms with Crippen molar-refractivity contribution in [2.45, 2.75) is 33.1 Å². The molecule has 0 aliphatic rings. The molecule has 0 aliphatic heterocycles. The average molecular weight is 176 g/mol. The Morgan fingerprint density at radius 1 is 1.36 bits per heavy atom. The van der Waals surface area contributed by atoms with Crippen LogP contribution in [-0.2, 0) is 9.84 Å². The molecule has 0 unspecified atom stereocenters. The number of hydrogen-bond donors (Lipinski definition) is 0. The van der Waals surface area contributed by atoms with Crippen LogP contribution in [0.3, 0.4) is 0 Å². The van der Waals surface area contributed by atoms with Crippen molar-refractivity contribution in [3.05, 3.63) is 11.5 Å². The summed E-state index contributed by atoms with van der Waals surface area (Å²) in [6, 6.07) is 0. The van der Waals surface area contributed by atoms with Crippen molar-refractivity contribution in [3.63, 3.8) is 0 Å². The largest absolute Gasteiger partial charge is 0.224 e. The van der Waals surface area contributed by atoms with Gasteiger partial charge in [0.15, 0.2) is 9.84 Å². The minimum absolute atomic E-state index is 0.260. The second-order valence-corrected chi connectivity index (χ2v) is 5.06. The molecule has 0 aliphatic carbocycles. The van der Waals surface area contributed by atoms with Gasteiger partial charge in [-0.15, -0.1) is 0 Å². The molecule has 0 saturated heterocycles. The third-order valence-corrected chi connectivity index (χ3v) is 3.44.